The predicted molar refractivity (Wildman–Crippen MR) is 112 cm³/mol. The van der Waals surface area contributed by atoms with Crippen LogP contribution in [0.5, 0.6) is 0 Å². The van der Waals surface area contributed by atoms with Gasteiger partial charge in [-0.2, -0.15) is 0 Å². The molecule has 30 heavy (non-hydrogen) atoms. The fourth-order valence-corrected chi connectivity index (χ4v) is 3.82. The molecule has 1 aromatic carbocycles. The van der Waals surface area contributed by atoms with Gasteiger partial charge in [-0.25, -0.2) is 13.1 Å². The van der Waals surface area contributed by atoms with Crippen molar-refractivity contribution in [2.45, 2.75) is 4.90 Å². The van der Waals surface area contributed by atoms with Crippen LogP contribution in [-0.4, -0.2) is 69.6 Å². The van der Waals surface area contributed by atoms with Crippen molar-refractivity contribution in [2.75, 3.05) is 50.5 Å². The zero-order valence-corrected chi connectivity index (χ0v) is 17.7. The lowest BCUT2D eigenvalue weighted by Gasteiger charge is -2.25. The number of ether oxygens (including phenoxy) is 1. The number of hydrogen-bond acceptors (Lipinski definition) is 6. The number of aromatic nitrogens is 1. The molecule has 0 unspecified atom stereocenters. The van der Waals surface area contributed by atoms with Gasteiger partial charge in [-0.1, -0.05) is 0 Å². The van der Waals surface area contributed by atoms with Gasteiger partial charge in [-0.15, -0.1) is 0 Å². The average molecular weight is 436 g/mol. The highest BCUT2D eigenvalue weighted by Gasteiger charge is 2.19. The number of carbonyl (C=O) groups excluding carboxylic acids is 2. The van der Waals surface area contributed by atoms with Crippen LogP contribution < -0.4 is 15.4 Å². The van der Waals surface area contributed by atoms with E-state index < -0.39 is 15.9 Å². The van der Waals surface area contributed by atoms with Gasteiger partial charge in [0.05, 0.1) is 19.8 Å². The molecule has 3 N–H and O–H groups in total. The minimum atomic E-state index is -3.64. The number of amides is 2. The summed E-state index contributed by atoms with van der Waals surface area (Å²) < 4.78 is 32.7. The standard InChI is InChI=1S/C19H25N5O5S/c1-20-30(27,28)16-11-17(23(2)12-16)19(26)22-15-5-3-14(4-6-15)21-18(25)13-24-7-9-29-10-8-24/h3-6,11-12,20H,7-10,13H2,1-2H3,(H,21,25)(H,22,26). The molecular weight excluding hydrogens is 410 g/mol. The maximum atomic E-state index is 12.5. The molecule has 11 heteroatoms. The summed E-state index contributed by atoms with van der Waals surface area (Å²) in [5.74, 6) is -0.560. The van der Waals surface area contributed by atoms with Gasteiger partial charge < -0.3 is 19.9 Å². The number of nitrogens with one attached hydrogen (secondary N) is 3. The summed E-state index contributed by atoms with van der Waals surface area (Å²) in [4.78, 5) is 26.7. The van der Waals surface area contributed by atoms with Crippen LogP contribution in [0.15, 0.2) is 41.4 Å². The molecule has 1 aliphatic rings. The van der Waals surface area contributed by atoms with E-state index in [0.717, 1.165) is 13.1 Å². The number of benzene rings is 1. The lowest BCUT2D eigenvalue weighted by molar-refractivity contribution is -0.118. The van der Waals surface area contributed by atoms with E-state index in [1.165, 1.54) is 23.9 Å². The van der Waals surface area contributed by atoms with E-state index in [9.17, 15) is 18.0 Å². The van der Waals surface area contributed by atoms with Gasteiger partial charge in [-0.05, 0) is 37.4 Å². The fourth-order valence-electron chi connectivity index (χ4n) is 3.02. The van der Waals surface area contributed by atoms with Crippen molar-refractivity contribution in [3.8, 4) is 0 Å². The van der Waals surface area contributed by atoms with E-state index in [0.29, 0.717) is 31.1 Å². The number of anilines is 2. The molecule has 0 bridgehead atoms. The number of hydrogen-bond donors (Lipinski definition) is 3. The quantitative estimate of drug-likeness (QED) is 0.581. The van der Waals surface area contributed by atoms with Crippen LogP contribution in [0, 0.1) is 0 Å². The highest BCUT2D eigenvalue weighted by atomic mass is 32.2. The molecule has 3 rings (SSSR count). The predicted octanol–water partition coefficient (Wildman–Crippen LogP) is 0.456. The molecule has 1 saturated heterocycles. The molecule has 2 heterocycles. The second-order valence-corrected chi connectivity index (χ2v) is 8.73. The van der Waals surface area contributed by atoms with Gasteiger partial charge >= 0.3 is 0 Å². The number of aryl methyl sites for hydroxylation is 1. The lowest BCUT2D eigenvalue weighted by atomic mass is 10.2. The maximum absolute atomic E-state index is 12.5. The SMILES string of the molecule is CNS(=O)(=O)c1cc(C(=O)Nc2ccc(NC(=O)CN3CCOCC3)cc2)n(C)c1. The first-order valence-electron chi connectivity index (χ1n) is 9.40. The van der Waals surface area contributed by atoms with Crippen molar-refractivity contribution in [3.05, 3.63) is 42.2 Å². The zero-order valence-electron chi connectivity index (χ0n) is 16.8. The summed E-state index contributed by atoms with van der Waals surface area (Å²) in [6.07, 6.45) is 1.37. The van der Waals surface area contributed by atoms with Gasteiger partial charge in [0, 0.05) is 37.7 Å². The van der Waals surface area contributed by atoms with Crippen molar-refractivity contribution in [3.63, 3.8) is 0 Å². The van der Waals surface area contributed by atoms with E-state index in [1.54, 1.807) is 31.3 Å². The number of sulfonamides is 1. The minimum absolute atomic E-state index is 0.0102. The average Bonchev–Trinajstić information content (AvgIpc) is 3.13. The number of nitrogens with zero attached hydrogens (tertiary/aromatic N) is 2. The van der Waals surface area contributed by atoms with Crippen molar-refractivity contribution < 1.29 is 22.7 Å². The summed E-state index contributed by atoms with van der Waals surface area (Å²) in [6.45, 7) is 3.02. The summed E-state index contributed by atoms with van der Waals surface area (Å²) in [5.41, 5.74) is 1.34. The Balaban J connectivity index is 1.59. The molecule has 0 radical (unpaired) electrons. The third kappa shape index (κ3) is 5.45. The highest BCUT2D eigenvalue weighted by molar-refractivity contribution is 7.89. The van der Waals surface area contributed by atoms with E-state index in [1.807, 2.05) is 4.90 Å². The van der Waals surface area contributed by atoms with Crippen LogP contribution in [0.25, 0.3) is 0 Å². The van der Waals surface area contributed by atoms with Crippen LogP contribution in [0.2, 0.25) is 0 Å². The number of rotatable bonds is 7. The van der Waals surface area contributed by atoms with E-state index in [2.05, 4.69) is 15.4 Å². The first-order chi connectivity index (χ1) is 14.3. The van der Waals surface area contributed by atoms with Gasteiger partial charge in [0.2, 0.25) is 15.9 Å². The Kier molecular flexibility index (Phi) is 6.87. The van der Waals surface area contributed by atoms with Gasteiger partial charge in [0.15, 0.2) is 0 Å². The third-order valence-corrected chi connectivity index (χ3v) is 6.07. The Bertz CT molecular complexity index is 1010. The molecule has 2 amide bonds. The summed E-state index contributed by atoms with van der Waals surface area (Å²) in [7, 11) is -0.733. The van der Waals surface area contributed by atoms with Gasteiger partial charge in [-0.3, -0.25) is 14.5 Å². The van der Waals surface area contributed by atoms with E-state index >= 15 is 0 Å². The first kappa shape index (κ1) is 22.0. The molecular formula is C19H25N5O5S. The van der Waals surface area contributed by atoms with Crippen LogP contribution >= 0.6 is 0 Å². The van der Waals surface area contributed by atoms with Crippen LogP contribution in [-0.2, 0) is 26.6 Å². The summed E-state index contributed by atoms with van der Waals surface area (Å²) in [5, 5.41) is 5.54. The minimum Gasteiger partial charge on any atom is -0.379 e. The van der Waals surface area contributed by atoms with Crippen LogP contribution in [0.4, 0.5) is 11.4 Å². The normalized spacial score (nSPS) is 15.0. The second-order valence-electron chi connectivity index (χ2n) is 6.85. The largest absolute Gasteiger partial charge is 0.379 e. The third-order valence-electron chi connectivity index (χ3n) is 4.69. The van der Waals surface area contributed by atoms with Crippen molar-refractivity contribution in [1.29, 1.82) is 0 Å². The van der Waals surface area contributed by atoms with Gasteiger partial charge in [0.1, 0.15) is 10.6 Å². The van der Waals surface area contributed by atoms with E-state index in [4.69, 9.17) is 4.74 Å². The Morgan fingerprint density at radius 1 is 1.07 bits per heavy atom. The Hall–Kier alpha value is -2.73. The smallest absolute Gasteiger partial charge is 0.272 e. The Morgan fingerprint density at radius 2 is 1.67 bits per heavy atom. The van der Waals surface area contributed by atoms with Crippen LogP contribution in [0.1, 0.15) is 10.5 Å². The molecule has 0 atom stereocenters. The maximum Gasteiger partial charge on any atom is 0.272 e. The molecule has 1 fully saturated rings. The Labute approximate surface area is 175 Å². The molecule has 2 aromatic rings. The van der Waals surface area contributed by atoms with E-state index in [-0.39, 0.29) is 16.5 Å². The highest BCUT2D eigenvalue weighted by Crippen LogP contribution is 2.17. The summed E-state index contributed by atoms with van der Waals surface area (Å²) in [6, 6.07) is 8.01. The lowest BCUT2D eigenvalue weighted by Crippen LogP contribution is -2.41. The first-order valence-corrected chi connectivity index (χ1v) is 10.9. The van der Waals surface area contributed by atoms with Crippen LogP contribution in [0.3, 0.4) is 0 Å². The van der Waals surface area contributed by atoms with Gasteiger partial charge in [0.25, 0.3) is 5.91 Å². The molecule has 0 spiro atoms. The molecule has 0 saturated carbocycles. The number of morpholine rings is 1. The summed E-state index contributed by atoms with van der Waals surface area (Å²) >= 11 is 0. The molecule has 162 valence electrons. The number of carbonyl (C=O) groups is 2. The zero-order chi connectivity index (χ0) is 21.7. The van der Waals surface area contributed by atoms with Crippen molar-refractivity contribution in [2.24, 2.45) is 7.05 Å². The molecule has 0 aliphatic carbocycles. The Morgan fingerprint density at radius 3 is 2.27 bits per heavy atom. The van der Waals surface area contributed by atoms with Crippen molar-refractivity contribution >= 4 is 33.2 Å². The topological polar surface area (TPSA) is 122 Å². The monoisotopic (exact) mass is 435 g/mol. The fraction of sp³-hybridized carbons (Fsp3) is 0.368. The molecule has 10 nitrogen and oxygen atoms in total. The second kappa shape index (κ2) is 9.39. The molecule has 1 aromatic heterocycles. The molecule has 1 aliphatic heterocycles. The van der Waals surface area contributed by atoms with Crippen molar-refractivity contribution in [1.82, 2.24) is 14.2 Å².